The first-order valence-electron chi connectivity index (χ1n) is 7.08. The van der Waals surface area contributed by atoms with Gasteiger partial charge in [0.1, 0.15) is 0 Å². The van der Waals surface area contributed by atoms with Crippen LogP contribution in [0, 0.1) is 0 Å². The standard InChI is InChI=1S/C15H20N2O4/c1-2-21-10-8-16-15(20)17-9-7-11-5-3-4-6-12(11)13(17)14(18)19/h3-6,13H,2,7-10H2,1H3,(H,16,20)(H,18,19). The van der Waals surface area contributed by atoms with E-state index in [0.717, 1.165) is 5.56 Å². The van der Waals surface area contributed by atoms with Gasteiger partial charge in [-0.05, 0) is 24.5 Å². The number of amides is 2. The van der Waals surface area contributed by atoms with Crippen molar-refractivity contribution in [2.45, 2.75) is 19.4 Å². The molecular weight excluding hydrogens is 272 g/mol. The molecule has 1 heterocycles. The number of aliphatic carboxylic acids is 1. The summed E-state index contributed by atoms with van der Waals surface area (Å²) in [6.45, 7) is 3.66. The van der Waals surface area contributed by atoms with Crippen molar-refractivity contribution >= 4 is 12.0 Å². The number of carboxylic acid groups (broad SMARTS) is 1. The van der Waals surface area contributed by atoms with E-state index >= 15 is 0 Å². The van der Waals surface area contributed by atoms with Gasteiger partial charge < -0.3 is 20.1 Å². The molecule has 1 unspecified atom stereocenters. The molecule has 0 saturated carbocycles. The van der Waals surface area contributed by atoms with Gasteiger partial charge >= 0.3 is 12.0 Å². The third kappa shape index (κ3) is 3.52. The Bertz CT molecular complexity index is 518. The average molecular weight is 292 g/mol. The summed E-state index contributed by atoms with van der Waals surface area (Å²) in [4.78, 5) is 25.1. The van der Waals surface area contributed by atoms with E-state index in [1.807, 2.05) is 19.1 Å². The predicted molar refractivity (Wildman–Crippen MR) is 77.1 cm³/mol. The first-order chi connectivity index (χ1) is 10.1. The van der Waals surface area contributed by atoms with Gasteiger partial charge in [0.05, 0.1) is 6.61 Å². The lowest BCUT2D eigenvalue weighted by Gasteiger charge is -2.34. The number of carbonyl (C=O) groups excluding carboxylic acids is 1. The summed E-state index contributed by atoms with van der Waals surface area (Å²) >= 11 is 0. The van der Waals surface area contributed by atoms with Gasteiger partial charge in [0.2, 0.25) is 0 Å². The third-order valence-corrected chi connectivity index (χ3v) is 3.50. The highest BCUT2D eigenvalue weighted by Crippen LogP contribution is 2.29. The number of fused-ring (bicyclic) bond motifs is 1. The Morgan fingerprint density at radius 3 is 2.90 bits per heavy atom. The molecule has 0 aromatic heterocycles. The summed E-state index contributed by atoms with van der Waals surface area (Å²) in [5.74, 6) is -1.01. The fourth-order valence-electron chi connectivity index (χ4n) is 2.53. The Hall–Kier alpha value is -2.08. The largest absolute Gasteiger partial charge is 0.479 e. The topological polar surface area (TPSA) is 78.9 Å². The number of ether oxygens (including phenoxy) is 1. The van der Waals surface area contributed by atoms with Crippen LogP contribution in [-0.4, -0.2) is 48.3 Å². The number of nitrogens with zero attached hydrogens (tertiary/aromatic N) is 1. The molecule has 0 fully saturated rings. The van der Waals surface area contributed by atoms with Gasteiger partial charge in [0, 0.05) is 19.7 Å². The van der Waals surface area contributed by atoms with Crippen molar-refractivity contribution in [1.29, 1.82) is 0 Å². The van der Waals surface area contributed by atoms with Gasteiger partial charge in [0.15, 0.2) is 6.04 Å². The maximum atomic E-state index is 12.2. The lowest BCUT2D eigenvalue weighted by Crippen LogP contribution is -2.48. The molecule has 0 saturated heterocycles. The van der Waals surface area contributed by atoms with Crippen LogP contribution in [0.1, 0.15) is 24.1 Å². The van der Waals surface area contributed by atoms with Crippen molar-refractivity contribution in [3.8, 4) is 0 Å². The fourth-order valence-corrected chi connectivity index (χ4v) is 2.53. The third-order valence-electron chi connectivity index (χ3n) is 3.50. The highest BCUT2D eigenvalue weighted by atomic mass is 16.5. The van der Waals surface area contributed by atoms with Crippen LogP contribution in [0.2, 0.25) is 0 Å². The lowest BCUT2D eigenvalue weighted by molar-refractivity contribution is -0.142. The van der Waals surface area contributed by atoms with Gasteiger partial charge in [-0.1, -0.05) is 24.3 Å². The molecule has 0 aliphatic carbocycles. The normalized spacial score (nSPS) is 17.2. The smallest absolute Gasteiger partial charge is 0.331 e. The van der Waals surface area contributed by atoms with Crippen LogP contribution >= 0.6 is 0 Å². The Labute approximate surface area is 123 Å². The lowest BCUT2D eigenvalue weighted by atomic mass is 9.93. The summed E-state index contributed by atoms with van der Waals surface area (Å²) in [5.41, 5.74) is 1.68. The van der Waals surface area contributed by atoms with Crippen molar-refractivity contribution in [1.82, 2.24) is 10.2 Å². The number of urea groups is 1. The van der Waals surface area contributed by atoms with Crippen LogP contribution in [0.5, 0.6) is 0 Å². The molecule has 1 aliphatic heterocycles. The van der Waals surface area contributed by atoms with Crippen molar-refractivity contribution in [2.24, 2.45) is 0 Å². The van der Waals surface area contributed by atoms with E-state index in [1.165, 1.54) is 4.90 Å². The average Bonchev–Trinajstić information content (AvgIpc) is 2.50. The highest BCUT2D eigenvalue weighted by molar-refractivity contribution is 5.84. The van der Waals surface area contributed by atoms with Crippen LogP contribution in [0.3, 0.4) is 0 Å². The Balaban J connectivity index is 2.09. The molecule has 6 heteroatoms. The summed E-state index contributed by atoms with van der Waals surface area (Å²) in [7, 11) is 0. The Morgan fingerprint density at radius 2 is 2.19 bits per heavy atom. The minimum Gasteiger partial charge on any atom is -0.479 e. The SMILES string of the molecule is CCOCCNC(=O)N1CCc2ccccc2C1C(=O)O. The molecule has 2 amide bonds. The van der Waals surface area contributed by atoms with Gasteiger partial charge in [-0.3, -0.25) is 0 Å². The predicted octanol–water partition coefficient (Wildman–Crippen LogP) is 1.42. The Morgan fingerprint density at radius 1 is 1.43 bits per heavy atom. The minimum atomic E-state index is -1.01. The van der Waals surface area contributed by atoms with E-state index in [0.29, 0.717) is 38.3 Å². The van der Waals surface area contributed by atoms with Gasteiger partial charge in [-0.25, -0.2) is 9.59 Å². The van der Waals surface area contributed by atoms with Crippen molar-refractivity contribution in [3.63, 3.8) is 0 Å². The zero-order valence-electron chi connectivity index (χ0n) is 12.0. The molecule has 2 rings (SSSR count). The molecule has 1 aromatic carbocycles. The second-order valence-electron chi connectivity index (χ2n) is 4.81. The summed E-state index contributed by atoms with van der Waals surface area (Å²) in [5, 5.41) is 12.2. The second kappa shape index (κ2) is 7.08. The van der Waals surface area contributed by atoms with Crippen LogP contribution in [0.4, 0.5) is 4.79 Å². The van der Waals surface area contributed by atoms with Crippen LogP contribution < -0.4 is 5.32 Å². The maximum Gasteiger partial charge on any atom is 0.331 e. The summed E-state index contributed by atoms with van der Waals surface area (Å²) in [6, 6.07) is 6.07. The second-order valence-corrected chi connectivity index (χ2v) is 4.81. The molecule has 0 spiro atoms. The minimum absolute atomic E-state index is 0.364. The molecule has 0 bridgehead atoms. The number of nitrogens with one attached hydrogen (secondary N) is 1. The number of carboxylic acids is 1. The Kier molecular flexibility index (Phi) is 5.16. The zero-order valence-corrected chi connectivity index (χ0v) is 12.0. The van der Waals surface area contributed by atoms with E-state index in [-0.39, 0.29) is 6.03 Å². The van der Waals surface area contributed by atoms with Crippen LogP contribution in [-0.2, 0) is 16.0 Å². The van der Waals surface area contributed by atoms with Crippen LogP contribution in [0.15, 0.2) is 24.3 Å². The van der Waals surface area contributed by atoms with E-state index in [4.69, 9.17) is 4.74 Å². The van der Waals surface area contributed by atoms with Gasteiger partial charge in [0.25, 0.3) is 0 Å². The first kappa shape index (κ1) is 15.3. The van der Waals surface area contributed by atoms with E-state index in [2.05, 4.69) is 5.32 Å². The maximum absolute atomic E-state index is 12.2. The number of rotatable bonds is 5. The number of hydrogen-bond donors (Lipinski definition) is 2. The molecule has 21 heavy (non-hydrogen) atoms. The molecule has 2 N–H and O–H groups in total. The van der Waals surface area contributed by atoms with Gasteiger partial charge in [-0.15, -0.1) is 0 Å². The quantitative estimate of drug-likeness (QED) is 0.804. The van der Waals surface area contributed by atoms with E-state index in [1.54, 1.807) is 12.1 Å². The molecule has 114 valence electrons. The molecule has 1 aliphatic rings. The number of carbonyl (C=O) groups is 2. The number of hydrogen-bond acceptors (Lipinski definition) is 3. The molecular formula is C15H20N2O4. The summed E-state index contributed by atoms with van der Waals surface area (Å²) < 4.78 is 5.15. The fraction of sp³-hybridized carbons (Fsp3) is 0.467. The van der Waals surface area contributed by atoms with Gasteiger partial charge in [-0.2, -0.15) is 0 Å². The summed E-state index contributed by atoms with van der Waals surface area (Å²) in [6.07, 6.45) is 0.666. The number of benzene rings is 1. The first-order valence-corrected chi connectivity index (χ1v) is 7.08. The van der Waals surface area contributed by atoms with E-state index < -0.39 is 12.0 Å². The highest BCUT2D eigenvalue weighted by Gasteiger charge is 2.35. The van der Waals surface area contributed by atoms with Crippen molar-refractivity contribution < 1.29 is 19.4 Å². The molecule has 1 atom stereocenters. The van der Waals surface area contributed by atoms with Crippen molar-refractivity contribution in [2.75, 3.05) is 26.3 Å². The molecule has 1 aromatic rings. The molecule has 0 radical (unpaired) electrons. The van der Waals surface area contributed by atoms with Crippen molar-refractivity contribution in [3.05, 3.63) is 35.4 Å². The zero-order chi connectivity index (χ0) is 15.2. The van der Waals surface area contributed by atoms with Crippen LogP contribution in [0.25, 0.3) is 0 Å². The molecule has 6 nitrogen and oxygen atoms in total. The van der Waals surface area contributed by atoms with E-state index in [9.17, 15) is 14.7 Å². The monoisotopic (exact) mass is 292 g/mol.